The highest BCUT2D eigenvalue weighted by molar-refractivity contribution is 7.17. The van der Waals surface area contributed by atoms with Crippen molar-refractivity contribution in [1.82, 2.24) is 9.80 Å². The number of carbonyl (C=O) groups is 1. The number of β-amino-alcohol motifs (C(OH)–C–C–N with tert-alkyl or cyclic N) is 1. The quantitative estimate of drug-likeness (QED) is 0.511. The molecule has 1 N–H and O–H groups in total. The first-order valence-electron chi connectivity index (χ1n) is 11.0. The maximum absolute atomic E-state index is 11.7. The number of ether oxygens (including phenoxy) is 1. The van der Waals surface area contributed by atoms with Crippen LogP contribution in [0.3, 0.4) is 0 Å². The van der Waals surface area contributed by atoms with Gasteiger partial charge in [-0.25, -0.2) is 0 Å². The van der Waals surface area contributed by atoms with Crippen molar-refractivity contribution in [3.8, 4) is 5.75 Å². The first kappa shape index (κ1) is 22.0. The second-order valence-electron chi connectivity index (χ2n) is 8.10. The normalized spacial score (nSPS) is 16.5. The Morgan fingerprint density at radius 1 is 1.06 bits per heavy atom. The monoisotopic (exact) mass is 438 g/mol. The van der Waals surface area contributed by atoms with Crippen LogP contribution in [0.2, 0.25) is 0 Å². The number of hydrogen-bond acceptors (Lipinski definition) is 6. The molecule has 0 spiro atoms. The Labute approximate surface area is 187 Å². The van der Waals surface area contributed by atoms with E-state index in [1.165, 1.54) is 15.6 Å². The zero-order valence-corrected chi connectivity index (χ0v) is 18.8. The number of rotatable bonds is 9. The molecule has 1 aliphatic heterocycles. The van der Waals surface area contributed by atoms with Crippen molar-refractivity contribution in [3.05, 3.63) is 65.0 Å². The second-order valence-corrected chi connectivity index (χ2v) is 9.01. The van der Waals surface area contributed by atoms with Gasteiger partial charge in [0.2, 0.25) is 0 Å². The summed E-state index contributed by atoms with van der Waals surface area (Å²) in [5.74, 6) is 0.803. The van der Waals surface area contributed by atoms with Gasteiger partial charge in [-0.05, 0) is 46.7 Å². The largest absolute Gasteiger partial charge is 0.491 e. The summed E-state index contributed by atoms with van der Waals surface area (Å²) >= 11 is 1.82. The van der Waals surface area contributed by atoms with Crippen molar-refractivity contribution in [3.63, 3.8) is 0 Å². The summed E-state index contributed by atoms with van der Waals surface area (Å²) in [5, 5.41) is 14.1. The van der Waals surface area contributed by atoms with Gasteiger partial charge in [-0.3, -0.25) is 14.6 Å². The number of ketones is 1. The predicted molar refractivity (Wildman–Crippen MR) is 126 cm³/mol. The van der Waals surface area contributed by atoms with Gasteiger partial charge in [0, 0.05) is 56.0 Å². The Kier molecular flexibility index (Phi) is 7.35. The second kappa shape index (κ2) is 10.4. The highest BCUT2D eigenvalue weighted by Crippen LogP contribution is 2.27. The minimum Gasteiger partial charge on any atom is -0.491 e. The molecule has 1 saturated heterocycles. The lowest BCUT2D eigenvalue weighted by molar-refractivity contribution is 0.0447. The molecule has 3 aromatic rings. The van der Waals surface area contributed by atoms with E-state index in [0.717, 1.165) is 32.7 Å². The molecule has 1 fully saturated rings. The predicted octanol–water partition coefficient (Wildman–Crippen LogP) is 4.05. The van der Waals surface area contributed by atoms with E-state index in [9.17, 15) is 9.90 Å². The molecule has 0 radical (unpaired) electrons. The summed E-state index contributed by atoms with van der Waals surface area (Å²) < 4.78 is 7.07. The van der Waals surface area contributed by atoms with Gasteiger partial charge in [0.25, 0.3) is 0 Å². The van der Waals surface area contributed by atoms with Crippen LogP contribution < -0.4 is 4.74 Å². The van der Waals surface area contributed by atoms with E-state index < -0.39 is 6.10 Å². The Morgan fingerprint density at radius 2 is 1.77 bits per heavy atom. The molecule has 1 aliphatic rings. The number of carbonyl (C=O) groups excluding carboxylic acids is 1. The fraction of sp³-hybridized carbons (Fsp3) is 0.400. The van der Waals surface area contributed by atoms with Gasteiger partial charge in [0.1, 0.15) is 18.5 Å². The molecule has 164 valence electrons. The van der Waals surface area contributed by atoms with Crippen LogP contribution in [0.4, 0.5) is 0 Å². The number of aliphatic hydroxyl groups excluding tert-OH is 1. The molecule has 6 heteroatoms. The maximum Gasteiger partial charge on any atom is 0.162 e. The molecule has 1 unspecified atom stereocenters. The summed E-state index contributed by atoms with van der Waals surface area (Å²) in [6.45, 7) is 7.62. The zero-order chi connectivity index (χ0) is 21.6. The van der Waals surface area contributed by atoms with Crippen molar-refractivity contribution in [2.24, 2.45) is 0 Å². The highest BCUT2D eigenvalue weighted by Gasteiger charge is 2.20. The number of thiophene rings is 1. The lowest BCUT2D eigenvalue weighted by atomic mass is 10.1. The van der Waals surface area contributed by atoms with E-state index in [4.69, 9.17) is 4.74 Å². The van der Waals surface area contributed by atoms with Crippen molar-refractivity contribution in [1.29, 1.82) is 0 Å². The number of benzene rings is 2. The number of nitrogens with zero attached hydrogens (tertiary/aromatic N) is 2. The smallest absolute Gasteiger partial charge is 0.162 e. The Morgan fingerprint density at radius 3 is 2.52 bits per heavy atom. The van der Waals surface area contributed by atoms with Gasteiger partial charge in [0.15, 0.2) is 5.78 Å². The Hall–Kier alpha value is -2.25. The van der Waals surface area contributed by atoms with Crippen LogP contribution in [0.5, 0.6) is 5.75 Å². The molecule has 2 aromatic carbocycles. The van der Waals surface area contributed by atoms with Crippen LogP contribution >= 0.6 is 11.3 Å². The van der Waals surface area contributed by atoms with Crippen LogP contribution in [0.15, 0.2) is 53.9 Å². The molecule has 0 bridgehead atoms. The molecular weight excluding hydrogens is 408 g/mol. The molecule has 2 heterocycles. The van der Waals surface area contributed by atoms with E-state index in [1.807, 2.05) is 18.3 Å². The van der Waals surface area contributed by atoms with Gasteiger partial charge >= 0.3 is 0 Å². The Bertz CT molecular complexity index is 993. The van der Waals surface area contributed by atoms with Crippen LogP contribution in [-0.2, 0) is 6.54 Å². The van der Waals surface area contributed by atoms with Crippen molar-refractivity contribution < 1.29 is 14.6 Å². The summed E-state index contributed by atoms with van der Waals surface area (Å²) in [6.07, 6.45) is -0.0416. The van der Waals surface area contributed by atoms with Gasteiger partial charge < -0.3 is 9.84 Å². The molecule has 1 atom stereocenters. The minimum absolute atomic E-state index is 0.123. The molecule has 4 rings (SSSR count). The molecular formula is C25H30N2O3S. The lowest BCUT2D eigenvalue weighted by Crippen LogP contribution is -2.48. The van der Waals surface area contributed by atoms with Gasteiger partial charge in [-0.1, -0.05) is 25.1 Å². The number of aliphatic hydroxyl groups is 1. The van der Waals surface area contributed by atoms with Crippen molar-refractivity contribution in [2.75, 3.05) is 39.3 Å². The van der Waals surface area contributed by atoms with E-state index in [1.54, 1.807) is 24.3 Å². The molecule has 31 heavy (non-hydrogen) atoms. The zero-order valence-electron chi connectivity index (χ0n) is 18.0. The van der Waals surface area contributed by atoms with Crippen molar-refractivity contribution >= 4 is 27.2 Å². The highest BCUT2D eigenvalue weighted by atomic mass is 32.1. The summed E-state index contributed by atoms with van der Waals surface area (Å²) in [5.41, 5.74) is 2.11. The summed E-state index contributed by atoms with van der Waals surface area (Å²) in [6, 6.07) is 15.8. The third kappa shape index (κ3) is 5.71. The van der Waals surface area contributed by atoms with Gasteiger partial charge in [-0.2, -0.15) is 0 Å². The van der Waals surface area contributed by atoms with Crippen LogP contribution in [0.1, 0.15) is 29.3 Å². The molecule has 0 saturated carbocycles. The first-order valence-corrected chi connectivity index (χ1v) is 11.8. The molecule has 1 aromatic heterocycles. The number of fused-ring (bicyclic) bond motifs is 1. The fourth-order valence-corrected chi connectivity index (χ4v) is 4.96. The van der Waals surface area contributed by atoms with E-state index in [2.05, 4.69) is 39.4 Å². The third-order valence-corrected chi connectivity index (χ3v) is 6.84. The topological polar surface area (TPSA) is 53.0 Å². The molecule has 0 aliphatic carbocycles. The summed E-state index contributed by atoms with van der Waals surface area (Å²) in [7, 11) is 0. The number of hydrogen-bond donors (Lipinski definition) is 1. The van der Waals surface area contributed by atoms with Crippen LogP contribution in [0.25, 0.3) is 10.1 Å². The lowest BCUT2D eigenvalue weighted by Gasteiger charge is -2.35. The summed E-state index contributed by atoms with van der Waals surface area (Å²) in [4.78, 5) is 16.5. The first-order chi connectivity index (χ1) is 15.1. The molecule has 5 nitrogen and oxygen atoms in total. The maximum atomic E-state index is 11.7. The Balaban J connectivity index is 1.19. The number of Topliss-reactive ketones (excluding diaryl/α,β-unsaturated/α-hetero) is 1. The average molecular weight is 439 g/mol. The van der Waals surface area contributed by atoms with Gasteiger partial charge in [0.05, 0.1) is 0 Å². The van der Waals surface area contributed by atoms with Crippen molar-refractivity contribution in [2.45, 2.75) is 26.0 Å². The number of piperazine rings is 1. The average Bonchev–Trinajstić information content (AvgIpc) is 3.21. The van der Waals surface area contributed by atoms with Crippen LogP contribution in [0, 0.1) is 0 Å². The standard InChI is InChI=1S/C25H30N2O3S/c1-2-24(29)19-7-9-22(10-8-19)30-17-21(28)16-27-13-11-26(12-14-27)15-20-18-31-25-6-4-3-5-23(20)25/h3-10,18,21,28H,2,11-17H2,1H3. The van der Waals surface area contributed by atoms with Crippen LogP contribution in [-0.4, -0.2) is 66.1 Å². The van der Waals surface area contributed by atoms with Gasteiger partial charge in [-0.15, -0.1) is 11.3 Å². The fourth-order valence-electron chi connectivity index (χ4n) is 4.01. The van der Waals surface area contributed by atoms with E-state index >= 15 is 0 Å². The van der Waals surface area contributed by atoms with E-state index in [0.29, 0.717) is 24.3 Å². The SMILES string of the molecule is CCC(=O)c1ccc(OCC(O)CN2CCN(Cc3csc4ccccc34)CC2)cc1. The van der Waals surface area contributed by atoms with E-state index in [-0.39, 0.29) is 12.4 Å². The molecule has 0 amide bonds. The third-order valence-electron chi connectivity index (χ3n) is 5.83. The minimum atomic E-state index is -0.538.